The second-order valence-electron chi connectivity index (χ2n) is 10.1. The fourth-order valence-electron chi connectivity index (χ4n) is 4.78. The Hall–Kier alpha value is -3.03. The maximum atomic E-state index is 13.6. The number of nitrogens with two attached hydrogens (primary N) is 1. The number of benzene rings is 1. The highest BCUT2D eigenvalue weighted by Crippen LogP contribution is 2.28. The number of nitrogens with one attached hydrogen (secondary N) is 1. The summed E-state index contributed by atoms with van der Waals surface area (Å²) in [6.07, 6.45) is 2.02. The van der Waals surface area contributed by atoms with Crippen molar-refractivity contribution in [2.24, 2.45) is 23.5 Å². The molecule has 7 nitrogen and oxygen atoms in total. The molecule has 0 unspecified atom stereocenters. The van der Waals surface area contributed by atoms with Crippen LogP contribution in [-0.2, 0) is 14.4 Å². The van der Waals surface area contributed by atoms with Gasteiger partial charge in [-0.2, -0.15) is 0 Å². The van der Waals surface area contributed by atoms with Crippen molar-refractivity contribution in [2.75, 3.05) is 19.8 Å². The van der Waals surface area contributed by atoms with Crippen LogP contribution in [0.4, 0.5) is 4.39 Å². The van der Waals surface area contributed by atoms with Crippen LogP contribution in [0.25, 0.3) is 0 Å². The predicted octanol–water partition coefficient (Wildman–Crippen LogP) is 3.74. The summed E-state index contributed by atoms with van der Waals surface area (Å²) in [5.41, 5.74) is 7.02. The van der Waals surface area contributed by atoms with Gasteiger partial charge in [0.15, 0.2) is 17.3 Å². The third-order valence-corrected chi connectivity index (χ3v) is 6.89. The van der Waals surface area contributed by atoms with Gasteiger partial charge in [-0.25, -0.2) is 4.39 Å². The number of likely N-dealkylation sites (tertiary alicyclic amines) is 1. The third-order valence-electron chi connectivity index (χ3n) is 6.89. The number of Topliss-reactive ketones (excluding diaryl/α,β-unsaturated/α-hetero) is 3. The van der Waals surface area contributed by atoms with E-state index in [9.17, 15) is 23.6 Å². The fraction of sp³-hybridized carbons (Fsp3) is 0.571. The number of ketones is 3. The van der Waals surface area contributed by atoms with Crippen LogP contribution in [0, 0.1) is 24.7 Å². The van der Waals surface area contributed by atoms with Gasteiger partial charge in [-0.05, 0) is 44.6 Å². The minimum absolute atomic E-state index is 0.0692. The van der Waals surface area contributed by atoms with Crippen LogP contribution in [0.1, 0.15) is 68.3 Å². The van der Waals surface area contributed by atoms with Crippen LogP contribution in [0.15, 0.2) is 36.7 Å². The van der Waals surface area contributed by atoms with Crippen LogP contribution in [-0.4, -0.2) is 54.0 Å². The molecule has 0 aliphatic carbocycles. The summed E-state index contributed by atoms with van der Waals surface area (Å²) in [6.45, 7) is 9.03. The maximum absolute atomic E-state index is 13.6. The van der Waals surface area contributed by atoms with E-state index in [4.69, 9.17) is 5.73 Å². The minimum atomic E-state index is -1.13. The van der Waals surface area contributed by atoms with Gasteiger partial charge in [-0.1, -0.05) is 44.2 Å². The van der Waals surface area contributed by atoms with E-state index in [1.54, 1.807) is 11.0 Å². The summed E-state index contributed by atoms with van der Waals surface area (Å²) in [6, 6.07) is 6.65. The fourth-order valence-corrected chi connectivity index (χ4v) is 4.78. The summed E-state index contributed by atoms with van der Waals surface area (Å²) in [5, 5.41) is 2.85. The van der Waals surface area contributed by atoms with Gasteiger partial charge in [0, 0.05) is 43.3 Å². The summed E-state index contributed by atoms with van der Waals surface area (Å²) in [5.74, 6) is -2.21. The van der Waals surface area contributed by atoms with Gasteiger partial charge in [0.05, 0.1) is 11.9 Å². The lowest BCUT2D eigenvalue weighted by Crippen LogP contribution is -2.45. The van der Waals surface area contributed by atoms with Gasteiger partial charge >= 0.3 is 0 Å². The third kappa shape index (κ3) is 8.28. The molecular formula is C28H40FN3O4. The smallest absolute Gasteiger partial charge is 0.227 e. The normalized spacial score (nSPS) is 17.0. The standard InChI is InChI=1S/C28H40FN3O4/c1-18(2)23(16-25(33)21-9-5-8-19(3)14-21)28(36)32-13-7-11-24(32)26(34)15-22(27(35)17-29)10-6-12-31-20(4)30/h5,8-9,14,18,22-24,31H,4,6-7,10-13,15-17,30H2,1-3H3/t22-,23+,24+/m1/s1. The van der Waals surface area contributed by atoms with Gasteiger partial charge in [-0.3, -0.25) is 19.2 Å². The number of halogens is 1. The van der Waals surface area contributed by atoms with Crippen molar-refractivity contribution < 1.29 is 23.6 Å². The van der Waals surface area contributed by atoms with Gasteiger partial charge in [0.2, 0.25) is 5.91 Å². The lowest BCUT2D eigenvalue weighted by molar-refractivity contribution is -0.142. The molecule has 0 aromatic heterocycles. The molecule has 0 bridgehead atoms. The number of carbonyl (C=O) groups excluding carboxylic acids is 4. The molecule has 36 heavy (non-hydrogen) atoms. The number of alkyl halides is 1. The van der Waals surface area contributed by atoms with E-state index in [0.717, 1.165) is 5.56 Å². The molecule has 8 heteroatoms. The summed E-state index contributed by atoms with van der Waals surface area (Å²) < 4.78 is 13.2. The van der Waals surface area contributed by atoms with Crippen molar-refractivity contribution in [3.05, 3.63) is 47.8 Å². The van der Waals surface area contributed by atoms with Crippen molar-refractivity contribution in [1.29, 1.82) is 0 Å². The molecule has 1 aliphatic rings. The molecule has 0 radical (unpaired) electrons. The second-order valence-corrected chi connectivity index (χ2v) is 10.1. The molecule has 1 aliphatic heterocycles. The molecule has 3 atom stereocenters. The van der Waals surface area contributed by atoms with Crippen molar-refractivity contribution in [3.8, 4) is 0 Å². The molecule has 1 saturated heterocycles. The Morgan fingerprint density at radius 1 is 1.22 bits per heavy atom. The lowest BCUT2D eigenvalue weighted by atomic mass is 9.86. The number of nitrogens with zero attached hydrogens (tertiary/aromatic N) is 1. The molecule has 1 heterocycles. The molecular weight excluding hydrogens is 461 g/mol. The zero-order valence-corrected chi connectivity index (χ0v) is 21.7. The van der Waals surface area contributed by atoms with E-state index in [-0.39, 0.29) is 36.2 Å². The molecule has 1 fully saturated rings. The Kier molecular flexibility index (Phi) is 11.3. The van der Waals surface area contributed by atoms with Crippen LogP contribution >= 0.6 is 0 Å². The van der Waals surface area contributed by atoms with Crippen LogP contribution in [0.3, 0.4) is 0 Å². The summed E-state index contributed by atoms with van der Waals surface area (Å²) >= 11 is 0. The van der Waals surface area contributed by atoms with E-state index in [0.29, 0.717) is 50.2 Å². The maximum Gasteiger partial charge on any atom is 0.227 e. The summed E-state index contributed by atoms with van der Waals surface area (Å²) in [7, 11) is 0. The topological polar surface area (TPSA) is 110 Å². The van der Waals surface area contributed by atoms with Crippen LogP contribution in [0.2, 0.25) is 0 Å². The van der Waals surface area contributed by atoms with Crippen LogP contribution < -0.4 is 11.1 Å². The molecule has 3 N–H and O–H groups in total. The molecule has 1 aromatic carbocycles. The zero-order valence-electron chi connectivity index (χ0n) is 21.7. The van der Waals surface area contributed by atoms with Crippen molar-refractivity contribution in [2.45, 2.75) is 65.3 Å². The van der Waals surface area contributed by atoms with Gasteiger partial charge in [0.25, 0.3) is 0 Å². The van der Waals surface area contributed by atoms with Crippen molar-refractivity contribution in [1.82, 2.24) is 10.2 Å². The first-order valence-electron chi connectivity index (χ1n) is 12.7. The number of aryl methyl sites for hydroxylation is 1. The monoisotopic (exact) mass is 501 g/mol. The van der Waals surface area contributed by atoms with E-state index >= 15 is 0 Å². The van der Waals surface area contributed by atoms with E-state index in [1.807, 2.05) is 39.0 Å². The van der Waals surface area contributed by atoms with Crippen molar-refractivity contribution >= 4 is 23.3 Å². The number of amides is 1. The molecule has 1 amide bonds. The lowest BCUT2D eigenvalue weighted by Gasteiger charge is -2.30. The van der Waals surface area contributed by atoms with Gasteiger partial charge in [-0.15, -0.1) is 0 Å². The van der Waals surface area contributed by atoms with E-state index < -0.39 is 30.3 Å². The number of hydrogen-bond acceptors (Lipinski definition) is 6. The van der Waals surface area contributed by atoms with E-state index in [2.05, 4.69) is 11.9 Å². The minimum Gasteiger partial charge on any atom is -0.386 e. The average Bonchev–Trinajstić information content (AvgIpc) is 3.33. The van der Waals surface area contributed by atoms with Crippen molar-refractivity contribution in [3.63, 3.8) is 0 Å². The van der Waals surface area contributed by atoms with Gasteiger partial charge in [0.1, 0.15) is 6.67 Å². The quantitative estimate of drug-likeness (QED) is 0.280. The molecule has 0 spiro atoms. The Labute approximate surface area is 213 Å². The highest BCUT2D eigenvalue weighted by molar-refractivity contribution is 6.00. The predicted molar refractivity (Wildman–Crippen MR) is 138 cm³/mol. The molecule has 2 rings (SSSR count). The first kappa shape index (κ1) is 29.2. The number of rotatable bonds is 15. The zero-order chi connectivity index (χ0) is 26.8. The highest BCUT2D eigenvalue weighted by atomic mass is 19.1. The molecule has 0 saturated carbocycles. The van der Waals surface area contributed by atoms with Crippen LogP contribution in [0.5, 0.6) is 0 Å². The Morgan fingerprint density at radius 3 is 2.56 bits per heavy atom. The van der Waals surface area contributed by atoms with Gasteiger partial charge < -0.3 is 16.0 Å². The Bertz CT molecular complexity index is 962. The SMILES string of the molecule is C=C(N)NCCC[C@H](CC(=O)[C@@H]1CCCN1C(=O)[C@@H](CC(=O)c1cccc(C)c1)C(C)C)C(=O)CF. The second kappa shape index (κ2) is 13.9. The molecule has 1 aromatic rings. The Morgan fingerprint density at radius 2 is 1.94 bits per heavy atom. The van der Waals surface area contributed by atoms with E-state index in [1.165, 1.54) is 0 Å². The average molecular weight is 502 g/mol. The molecule has 198 valence electrons. The Balaban J connectivity index is 2.09. The summed E-state index contributed by atoms with van der Waals surface area (Å²) in [4.78, 5) is 53.5. The number of carbonyl (C=O) groups is 4. The first-order valence-corrected chi connectivity index (χ1v) is 12.7. The largest absolute Gasteiger partial charge is 0.386 e. The highest BCUT2D eigenvalue weighted by Gasteiger charge is 2.39. The number of hydrogen-bond donors (Lipinski definition) is 2. The first-order chi connectivity index (χ1) is 17.0.